The van der Waals surface area contributed by atoms with Crippen molar-refractivity contribution in [2.45, 2.75) is 18.9 Å². The monoisotopic (exact) mass is 239 g/mol. The summed E-state index contributed by atoms with van der Waals surface area (Å²) in [5, 5.41) is 2.68. The number of alkyl carbamates (subject to hydrolysis) is 1. The van der Waals surface area contributed by atoms with Crippen molar-refractivity contribution in [3.8, 4) is 5.75 Å². The molecule has 0 aliphatic carbocycles. The molecule has 1 aliphatic heterocycles. The molecule has 0 saturated heterocycles. The van der Waals surface area contributed by atoms with E-state index < -0.39 is 11.9 Å². The number of halogens is 1. The van der Waals surface area contributed by atoms with Crippen molar-refractivity contribution in [1.82, 2.24) is 5.32 Å². The number of rotatable bonds is 1. The number of ether oxygens (including phenoxy) is 2. The van der Waals surface area contributed by atoms with Gasteiger partial charge in [-0.2, -0.15) is 0 Å². The van der Waals surface area contributed by atoms with Crippen LogP contribution in [-0.2, 0) is 4.74 Å². The lowest BCUT2D eigenvalue weighted by Crippen LogP contribution is -2.28. The lowest BCUT2D eigenvalue weighted by atomic mass is 10.0. The van der Waals surface area contributed by atoms with Gasteiger partial charge in [0, 0.05) is 5.56 Å². The number of amides is 1. The summed E-state index contributed by atoms with van der Waals surface area (Å²) in [5.41, 5.74) is 0.660. The van der Waals surface area contributed by atoms with E-state index >= 15 is 0 Å². The molecule has 0 fully saturated rings. The van der Waals surface area contributed by atoms with Crippen LogP contribution in [0.4, 0.5) is 9.18 Å². The highest BCUT2D eigenvalue weighted by Gasteiger charge is 2.23. The quantitative estimate of drug-likeness (QED) is 0.818. The smallest absolute Gasteiger partial charge is 0.407 e. The molecule has 1 amide bonds. The van der Waals surface area contributed by atoms with Crippen molar-refractivity contribution in [3.05, 3.63) is 29.6 Å². The first kappa shape index (κ1) is 11.7. The molecule has 1 heterocycles. The number of methoxy groups -OCH3 is 1. The predicted molar refractivity (Wildman–Crippen MR) is 59.4 cm³/mol. The van der Waals surface area contributed by atoms with Gasteiger partial charge in [0.15, 0.2) is 11.6 Å². The van der Waals surface area contributed by atoms with E-state index in [9.17, 15) is 9.18 Å². The van der Waals surface area contributed by atoms with Crippen LogP contribution in [-0.4, -0.2) is 19.8 Å². The lowest BCUT2D eigenvalue weighted by molar-refractivity contribution is 0.166. The second-order valence-corrected chi connectivity index (χ2v) is 3.84. The Hall–Kier alpha value is -1.78. The van der Waals surface area contributed by atoms with E-state index in [0.717, 1.165) is 6.42 Å². The molecule has 1 atom stereocenters. The number of hydrogen-bond acceptors (Lipinski definition) is 3. The average molecular weight is 239 g/mol. The average Bonchev–Trinajstić information content (AvgIpc) is 2.53. The number of hydrogen-bond donors (Lipinski definition) is 1. The molecule has 1 aliphatic rings. The molecule has 1 aromatic rings. The van der Waals surface area contributed by atoms with Crippen molar-refractivity contribution >= 4 is 6.09 Å². The molecule has 2 rings (SSSR count). The zero-order chi connectivity index (χ0) is 12.3. The van der Waals surface area contributed by atoms with Crippen LogP contribution in [0.25, 0.3) is 0 Å². The van der Waals surface area contributed by atoms with E-state index in [2.05, 4.69) is 10.1 Å². The highest BCUT2D eigenvalue weighted by Crippen LogP contribution is 2.33. The summed E-state index contributed by atoms with van der Waals surface area (Å²) in [5.74, 6) is -0.174. The largest absolute Gasteiger partial charge is 0.490 e. The maximum atomic E-state index is 13.6. The molecule has 0 spiro atoms. The van der Waals surface area contributed by atoms with Gasteiger partial charge < -0.3 is 14.8 Å². The molecule has 17 heavy (non-hydrogen) atoms. The standard InChI is InChI=1S/C12H14FNO3/c1-16-12(15)14-10-6-3-7-17-11-8(10)4-2-5-9(11)13/h2,4-5,10H,3,6-7H2,1H3,(H,14,15). The summed E-state index contributed by atoms with van der Waals surface area (Å²) >= 11 is 0. The molecule has 1 N–H and O–H groups in total. The molecule has 1 aromatic carbocycles. The van der Waals surface area contributed by atoms with Gasteiger partial charge in [0.05, 0.1) is 19.8 Å². The molecule has 0 bridgehead atoms. The van der Waals surface area contributed by atoms with Gasteiger partial charge >= 0.3 is 6.09 Å². The topological polar surface area (TPSA) is 47.6 Å². The highest BCUT2D eigenvalue weighted by molar-refractivity contribution is 5.68. The van der Waals surface area contributed by atoms with E-state index in [1.54, 1.807) is 12.1 Å². The number of fused-ring (bicyclic) bond motifs is 1. The molecule has 0 aromatic heterocycles. The fraction of sp³-hybridized carbons (Fsp3) is 0.417. The summed E-state index contributed by atoms with van der Waals surface area (Å²) in [4.78, 5) is 11.2. The first-order valence-electron chi connectivity index (χ1n) is 5.48. The summed E-state index contributed by atoms with van der Waals surface area (Å²) in [6, 6.07) is 4.44. The Kier molecular flexibility index (Phi) is 3.46. The third-order valence-electron chi connectivity index (χ3n) is 2.73. The molecule has 1 unspecified atom stereocenters. The normalized spacial score (nSPS) is 18.6. The zero-order valence-corrected chi connectivity index (χ0v) is 9.53. The molecule has 0 radical (unpaired) electrons. The van der Waals surface area contributed by atoms with Crippen molar-refractivity contribution in [3.63, 3.8) is 0 Å². The Morgan fingerprint density at radius 2 is 2.41 bits per heavy atom. The van der Waals surface area contributed by atoms with Gasteiger partial charge in [0.25, 0.3) is 0 Å². The van der Waals surface area contributed by atoms with Gasteiger partial charge in [-0.25, -0.2) is 9.18 Å². The van der Waals surface area contributed by atoms with Crippen molar-refractivity contribution < 1.29 is 18.7 Å². The van der Waals surface area contributed by atoms with Crippen LogP contribution in [0.1, 0.15) is 24.4 Å². The van der Waals surface area contributed by atoms with E-state index in [1.807, 2.05) is 0 Å². The van der Waals surface area contributed by atoms with E-state index in [-0.39, 0.29) is 11.8 Å². The Balaban J connectivity index is 2.30. The molecule has 5 heteroatoms. The van der Waals surface area contributed by atoms with Gasteiger partial charge in [0.2, 0.25) is 0 Å². The predicted octanol–water partition coefficient (Wildman–Crippen LogP) is 2.40. The van der Waals surface area contributed by atoms with Crippen LogP contribution in [0.15, 0.2) is 18.2 Å². The van der Waals surface area contributed by atoms with Crippen LogP contribution in [0.2, 0.25) is 0 Å². The van der Waals surface area contributed by atoms with Gasteiger partial charge in [-0.3, -0.25) is 0 Å². The van der Waals surface area contributed by atoms with Crippen molar-refractivity contribution in [2.24, 2.45) is 0 Å². The summed E-state index contributed by atoms with van der Waals surface area (Å²) in [7, 11) is 1.30. The number of carbonyl (C=O) groups is 1. The van der Waals surface area contributed by atoms with Crippen LogP contribution in [0, 0.1) is 5.82 Å². The molecular formula is C12H14FNO3. The van der Waals surface area contributed by atoms with Crippen LogP contribution in [0.5, 0.6) is 5.75 Å². The molecule has 0 saturated carbocycles. The fourth-order valence-corrected chi connectivity index (χ4v) is 1.92. The first-order valence-corrected chi connectivity index (χ1v) is 5.48. The molecule has 4 nitrogen and oxygen atoms in total. The Morgan fingerprint density at radius 3 is 3.18 bits per heavy atom. The van der Waals surface area contributed by atoms with E-state index in [1.165, 1.54) is 13.2 Å². The van der Waals surface area contributed by atoms with E-state index in [0.29, 0.717) is 18.6 Å². The lowest BCUT2D eigenvalue weighted by Gasteiger charge is -2.17. The van der Waals surface area contributed by atoms with Crippen LogP contribution < -0.4 is 10.1 Å². The third-order valence-corrected chi connectivity index (χ3v) is 2.73. The van der Waals surface area contributed by atoms with Crippen LogP contribution >= 0.6 is 0 Å². The highest BCUT2D eigenvalue weighted by atomic mass is 19.1. The Labute approximate surface area is 98.7 Å². The summed E-state index contributed by atoms with van der Waals surface area (Å²) < 4.78 is 23.5. The minimum atomic E-state index is -0.521. The van der Waals surface area contributed by atoms with Crippen molar-refractivity contribution in [1.29, 1.82) is 0 Å². The second kappa shape index (κ2) is 5.03. The third kappa shape index (κ3) is 2.49. The number of nitrogens with one attached hydrogen (secondary N) is 1. The number of benzene rings is 1. The molecule has 92 valence electrons. The Morgan fingerprint density at radius 1 is 1.59 bits per heavy atom. The molecular weight excluding hydrogens is 225 g/mol. The van der Waals surface area contributed by atoms with Gasteiger partial charge in [-0.05, 0) is 18.9 Å². The fourth-order valence-electron chi connectivity index (χ4n) is 1.92. The van der Waals surface area contributed by atoms with Gasteiger partial charge in [-0.1, -0.05) is 12.1 Å². The van der Waals surface area contributed by atoms with Crippen molar-refractivity contribution in [2.75, 3.05) is 13.7 Å². The second-order valence-electron chi connectivity index (χ2n) is 3.84. The maximum absolute atomic E-state index is 13.6. The van der Waals surface area contributed by atoms with Crippen LogP contribution in [0.3, 0.4) is 0 Å². The number of carbonyl (C=O) groups excluding carboxylic acids is 1. The summed E-state index contributed by atoms with van der Waals surface area (Å²) in [6.07, 6.45) is 0.932. The van der Waals surface area contributed by atoms with E-state index in [4.69, 9.17) is 4.74 Å². The number of para-hydroxylation sites is 1. The SMILES string of the molecule is COC(=O)NC1CCCOc2c(F)cccc21. The minimum absolute atomic E-state index is 0.228. The van der Waals surface area contributed by atoms with Gasteiger partial charge in [0.1, 0.15) is 0 Å². The maximum Gasteiger partial charge on any atom is 0.407 e. The minimum Gasteiger partial charge on any atom is -0.490 e. The Bertz CT molecular complexity index is 422. The van der Waals surface area contributed by atoms with Gasteiger partial charge in [-0.15, -0.1) is 0 Å². The summed E-state index contributed by atoms with van der Waals surface area (Å²) in [6.45, 7) is 0.452. The zero-order valence-electron chi connectivity index (χ0n) is 9.53. The first-order chi connectivity index (χ1) is 8.22.